The number of carboxylic acids is 1. The maximum absolute atomic E-state index is 13.9. The monoisotopic (exact) mass is 1280 g/mol. The molecule has 25 heteroatoms. The van der Waals surface area contributed by atoms with Gasteiger partial charge in [-0.1, -0.05) is 72.8 Å². The van der Waals surface area contributed by atoms with Gasteiger partial charge in [0.1, 0.15) is 11.2 Å². The van der Waals surface area contributed by atoms with E-state index in [2.05, 4.69) is 21.3 Å². The predicted octanol–water partition coefficient (Wildman–Crippen LogP) is -2.02. The quantitative estimate of drug-likeness (QED) is 0.0278. The molecule has 4 amide bonds. The second-order valence-corrected chi connectivity index (χ2v) is 22.7. The number of epoxide rings is 2. The van der Waals surface area contributed by atoms with Crippen LogP contribution < -0.4 is 102 Å². The van der Waals surface area contributed by atoms with Gasteiger partial charge in [0.25, 0.3) is 0 Å². The van der Waals surface area contributed by atoms with Crippen LogP contribution in [0.15, 0.2) is 97.1 Å². The Hall–Kier alpha value is -6.20. The first-order chi connectivity index (χ1) is 42.6. The van der Waals surface area contributed by atoms with Crippen LogP contribution in [0.2, 0.25) is 0 Å². The standard InChI is InChI=1S/C33H43N3O8.C23H28N2O5.C9H16N2O4.K/c1-22(34-30(38)20-36-12-14-43-15-13-36)27(37)19-25(16-24-10-11-28(41-3)29(18-24)42-4)32(40)35-26(31(39)33(2)21-44-33)17-23-8-6-5-7-9-23;1-23(14-30-23)21(26)18(12-15-7-5-4-6-8-15)25-22(27)17(24)11-16-9-10-19(28-2)20(13-16)29-3;1-7(9(13)14)10-8(12)6-11-2-4-15-5-3-11;/h5-11,18,22,25-26H,12-17,19-21H2,1-4H3,(H,34,38)(H,35,40);4-10,13,17-18H,11-12,14,24H2,1-3H3,(H,25,27);7H,2-6H2,1H3,(H,10,12)(H,13,14);/q;;;+1/p-1/t22-,25+,26-,33?;17-,18-,23?;7-;/m000./s1. The number of ketones is 3. The molecule has 8 atom stereocenters. The molecule has 0 radical (unpaired) electrons. The van der Waals surface area contributed by atoms with E-state index < -0.39 is 59.2 Å². The van der Waals surface area contributed by atoms with Gasteiger partial charge in [-0.15, -0.1) is 0 Å². The molecule has 4 fully saturated rings. The summed E-state index contributed by atoms with van der Waals surface area (Å²) < 4.78 is 42.5. The number of hydrogen-bond acceptors (Lipinski definition) is 20. The third-order valence-electron chi connectivity index (χ3n) is 15.6. The van der Waals surface area contributed by atoms with E-state index in [0.29, 0.717) is 102 Å². The van der Waals surface area contributed by atoms with Crippen molar-refractivity contribution in [3.63, 3.8) is 0 Å². The molecule has 0 aliphatic carbocycles. The van der Waals surface area contributed by atoms with Crippen LogP contribution in [0.1, 0.15) is 56.4 Å². The van der Waals surface area contributed by atoms with E-state index in [1.165, 1.54) is 21.1 Å². The van der Waals surface area contributed by atoms with Gasteiger partial charge in [-0.3, -0.25) is 43.4 Å². The minimum absolute atomic E-state index is 0. The van der Waals surface area contributed by atoms with Gasteiger partial charge < -0.3 is 74.8 Å². The van der Waals surface area contributed by atoms with Crippen molar-refractivity contribution in [2.75, 3.05) is 107 Å². The number of hydrogen-bond donors (Lipinski definition) is 5. The number of nitrogens with zero attached hydrogens (tertiary/aromatic N) is 2. The number of amides is 4. The first-order valence-electron chi connectivity index (χ1n) is 29.7. The maximum Gasteiger partial charge on any atom is 1.00 e. The molecular weight excluding hydrogens is 1190 g/mol. The number of Topliss-reactive ketones (excluding diaryl/α,β-unsaturated/α-hetero) is 3. The Morgan fingerprint density at radius 2 is 0.922 bits per heavy atom. The molecule has 4 aliphatic heterocycles. The molecule has 0 aromatic heterocycles. The Kier molecular flexibility index (Phi) is 30.4. The summed E-state index contributed by atoms with van der Waals surface area (Å²) in [4.78, 5) is 105. The van der Waals surface area contributed by atoms with Gasteiger partial charge in [0.15, 0.2) is 40.3 Å². The Morgan fingerprint density at radius 3 is 1.31 bits per heavy atom. The van der Waals surface area contributed by atoms with Crippen LogP contribution in [-0.4, -0.2) is 206 Å². The van der Waals surface area contributed by atoms with Gasteiger partial charge in [0.2, 0.25) is 23.6 Å². The van der Waals surface area contributed by atoms with Crippen molar-refractivity contribution >= 4 is 46.9 Å². The third kappa shape index (κ3) is 23.8. The van der Waals surface area contributed by atoms with Crippen molar-refractivity contribution in [3.8, 4) is 23.0 Å². The molecular formula is C65H86KN7O17. The van der Waals surface area contributed by atoms with Crippen LogP contribution in [0.3, 0.4) is 0 Å². The fourth-order valence-corrected chi connectivity index (χ4v) is 9.89. The average molecular weight is 1280 g/mol. The predicted molar refractivity (Wildman–Crippen MR) is 325 cm³/mol. The van der Waals surface area contributed by atoms with Gasteiger partial charge in [0.05, 0.1) is 117 Å². The summed E-state index contributed by atoms with van der Waals surface area (Å²) in [6.07, 6.45) is 1.03. The fourth-order valence-electron chi connectivity index (χ4n) is 9.89. The Morgan fingerprint density at radius 1 is 0.533 bits per heavy atom. The zero-order chi connectivity index (χ0) is 64.7. The molecule has 4 saturated heterocycles. The molecule has 8 rings (SSSR count). The zero-order valence-corrected chi connectivity index (χ0v) is 56.3. The second-order valence-electron chi connectivity index (χ2n) is 22.7. The third-order valence-corrected chi connectivity index (χ3v) is 15.6. The number of nitrogens with two attached hydrogens (primary N) is 1. The summed E-state index contributed by atoms with van der Waals surface area (Å²) in [5.74, 6) is -1.91. The molecule has 6 N–H and O–H groups in total. The molecule has 4 heterocycles. The second kappa shape index (κ2) is 36.7. The van der Waals surface area contributed by atoms with Gasteiger partial charge in [-0.05, 0) is 99.9 Å². The van der Waals surface area contributed by atoms with E-state index in [9.17, 15) is 43.5 Å². The number of methoxy groups -OCH3 is 4. The summed E-state index contributed by atoms with van der Waals surface area (Å²) in [6, 6.07) is 25.6. The topological polar surface area (TPSA) is 321 Å². The van der Waals surface area contributed by atoms with E-state index in [1.54, 1.807) is 59.3 Å². The number of nitrogens with one attached hydrogen (secondary N) is 4. The normalized spacial score (nSPS) is 19.6. The number of benzene rings is 4. The van der Waals surface area contributed by atoms with E-state index >= 15 is 0 Å². The van der Waals surface area contributed by atoms with Crippen molar-refractivity contribution in [2.24, 2.45) is 11.7 Å². The summed E-state index contributed by atoms with van der Waals surface area (Å²) in [7, 11) is 6.17. The number of ether oxygens (including phenoxy) is 8. The largest absolute Gasteiger partial charge is 1.00 e. The van der Waals surface area contributed by atoms with Crippen LogP contribution in [0.4, 0.5) is 0 Å². The van der Waals surface area contributed by atoms with Crippen molar-refractivity contribution < 1.29 is 133 Å². The van der Waals surface area contributed by atoms with Crippen molar-refractivity contribution in [2.45, 2.75) is 101 Å². The zero-order valence-electron chi connectivity index (χ0n) is 53.1. The van der Waals surface area contributed by atoms with Crippen molar-refractivity contribution in [3.05, 3.63) is 119 Å². The van der Waals surface area contributed by atoms with Crippen LogP contribution in [0.25, 0.3) is 0 Å². The Labute approximate surface area is 569 Å². The van der Waals surface area contributed by atoms with E-state index in [1.807, 2.05) is 82.6 Å². The Balaban J connectivity index is 0.000000275. The average Bonchev–Trinajstić information content (AvgIpc) is 1.74. The maximum atomic E-state index is 13.9. The van der Waals surface area contributed by atoms with Gasteiger partial charge in [-0.25, -0.2) is 0 Å². The number of aliphatic carboxylic acids is 1. The first-order valence-corrected chi connectivity index (χ1v) is 29.7. The SMILES string of the molecule is COc1ccc(C[C@H](CC(=O)[C@H](C)NC(=O)CN2CCOCC2)C(=O)N[C@@H](Cc2ccccc2)C(=O)C2(C)CO2)cc1OC.COc1ccc(C[C@H](N)C(=O)N[C@@H](Cc2ccccc2)C(=O)C2(C)CO2)cc1OC.C[C@H](NC(=O)CN1CCOCC1)C(=O)[O-].[K+]. The number of carbonyl (C=O) groups excluding carboxylic acids is 8. The smallest absolute Gasteiger partial charge is 0.548 e. The van der Waals surface area contributed by atoms with E-state index in [0.717, 1.165) is 22.3 Å². The molecule has 90 heavy (non-hydrogen) atoms. The number of morpholine rings is 2. The molecule has 0 bridgehead atoms. The molecule has 2 unspecified atom stereocenters. The number of rotatable bonds is 30. The van der Waals surface area contributed by atoms with E-state index in [-0.39, 0.29) is 119 Å². The molecule has 4 aromatic rings. The molecule has 484 valence electrons. The number of carbonyl (C=O) groups is 8. The van der Waals surface area contributed by atoms with Gasteiger partial charge >= 0.3 is 51.4 Å². The van der Waals surface area contributed by atoms with E-state index in [4.69, 9.17) is 43.6 Å². The molecule has 4 aromatic carbocycles. The molecule has 24 nitrogen and oxygen atoms in total. The van der Waals surface area contributed by atoms with Gasteiger partial charge in [-0.2, -0.15) is 0 Å². The fraction of sp³-hybridized carbons (Fsp3) is 0.508. The van der Waals surface area contributed by atoms with Crippen LogP contribution in [-0.2, 0) is 83.0 Å². The minimum atomic E-state index is -1.27. The summed E-state index contributed by atoms with van der Waals surface area (Å²) >= 11 is 0. The van der Waals surface area contributed by atoms with Crippen molar-refractivity contribution in [1.82, 2.24) is 31.1 Å². The minimum Gasteiger partial charge on any atom is -0.548 e. The molecule has 4 aliphatic rings. The summed E-state index contributed by atoms with van der Waals surface area (Å²) in [5, 5.41) is 21.3. The van der Waals surface area contributed by atoms with Gasteiger partial charge in [0, 0.05) is 38.5 Å². The van der Waals surface area contributed by atoms with Crippen molar-refractivity contribution in [1.29, 1.82) is 0 Å². The van der Waals surface area contributed by atoms with Crippen LogP contribution in [0.5, 0.6) is 23.0 Å². The number of carboxylic acid groups (broad SMARTS) is 1. The Bertz CT molecular complexity index is 3010. The van der Waals surface area contributed by atoms with Crippen LogP contribution >= 0.6 is 0 Å². The summed E-state index contributed by atoms with van der Waals surface area (Å²) in [5.41, 5.74) is 7.80. The molecule has 0 spiro atoms. The van der Waals surface area contributed by atoms with Crippen LogP contribution in [0, 0.1) is 5.92 Å². The molecule has 0 saturated carbocycles. The summed E-state index contributed by atoms with van der Waals surface area (Å²) in [6.45, 7) is 12.5. The first kappa shape index (κ1) is 74.5.